The van der Waals surface area contributed by atoms with Crippen molar-refractivity contribution in [2.45, 2.75) is 51.6 Å². The smallest absolute Gasteiger partial charge is 0.276 e. The van der Waals surface area contributed by atoms with E-state index in [4.69, 9.17) is 4.98 Å². The minimum absolute atomic E-state index is 0.0915. The molecule has 2 aromatic heterocycles. The minimum Gasteiger partial charge on any atom is -0.333 e. The van der Waals surface area contributed by atoms with Crippen LogP contribution in [0.3, 0.4) is 0 Å². The van der Waals surface area contributed by atoms with Crippen LogP contribution in [-0.2, 0) is 25.9 Å². The number of aromatic nitrogens is 4. The molecule has 0 saturated carbocycles. The Morgan fingerprint density at radius 2 is 2.27 bits per heavy atom. The van der Waals surface area contributed by atoms with Crippen molar-refractivity contribution < 1.29 is 4.79 Å². The number of carbonyl (C=O) groups is 1. The van der Waals surface area contributed by atoms with Crippen LogP contribution < -0.4 is 5.32 Å². The minimum atomic E-state index is -0.0915. The fourth-order valence-electron chi connectivity index (χ4n) is 3.77. The van der Waals surface area contributed by atoms with Crippen molar-refractivity contribution in [1.29, 1.82) is 0 Å². The zero-order valence-corrected chi connectivity index (χ0v) is 16.1. The highest BCUT2D eigenvalue weighted by Crippen LogP contribution is 2.27. The maximum absolute atomic E-state index is 12.7. The van der Waals surface area contributed by atoms with Gasteiger partial charge in [0.15, 0.2) is 5.69 Å². The number of thiazole rings is 1. The Morgan fingerprint density at radius 3 is 3.08 bits per heavy atom. The normalized spacial score (nSPS) is 20.0. The number of nitrogens with zero attached hydrogens (tertiary/aromatic N) is 5. The molecule has 1 aliphatic carbocycles. The van der Waals surface area contributed by atoms with Crippen LogP contribution in [0.15, 0.2) is 6.20 Å². The van der Waals surface area contributed by atoms with Gasteiger partial charge in [0.2, 0.25) is 0 Å². The van der Waals surface area contributed by atoms with Gasteiger partial charge < -0.3 is 10.2 Å². The van der Waals surface area contributed by atoms with Crippen LogP contribution >= 0.6 is 11.3 Å². The topological polar surface area (TPSA) is 75.9 Å². The van der Waals surface area contributed by atoms with Gasteiger partial charge in [-0.1, -0.05) is 5.21 Å². The molecule has 0 bridgehead atoms. The maximum Gasteiger partial charge on any atom is 0.276 e. The number of carbonyl (C=O) groups excluding carboxylic acids is 1. The number of fused-ring (bicyclic) bond motifs is 1. The average molecular weight is 375 g/mol. The third-order valence-electron chi connectivity index (χ3n) is 5.21. The summed E-state index contributed by atoms with van der Waals surface area (Å²) in [6.07, 6.45) is 8.87. The molecule has 1 amide bonds. The Morgan fingerprint density at radius 1 is 1.38 bits per heavy atom. The second kappa shape index (κ2) is 7.84. The summed E-state index contributed by atoms with van der Waals surface area (Å²) in [5.74, 6) is 0.471. The highest BCUT2D eigenvalue weighted by molar-refractivity contribution is 7.11. The number of hydrogen-bond donors (Lipinski definition) is 1. The third kappa shape index (κ3) is 3.96. The summed E-state index contributed by atoms with van der Waals surface area (Å²) in [7, 11) is 1.81. The summed E-state index contributed by atoms with van der Waals surface area (Å²) in [5, 5.41) is 12.7. The molecule has 8 heteroatoms. The Balaban J connectivity index is 1.36. The molecular weight excluding hydrogens is 348 g/mol. The Labute approximate surface area is 157 Å². The number of nitrogens with one attached hydrogen (secondary N) is 1. The Kier molecular flexibility index (Phi) is 5.31. The standard InChI is InChI=1S/C18H26N6OS/c1-23(12-17-20-14-6-2-3-7-16(14)26-17)18(25)15-11-24(22-21-15)10-13-5-4-8-19-9-13/h11,13,19H,2-10,12H2,1H3. The number of piperidine rings is 1. The lowest BCUT2D eigenvalue weighted by molar-refractivity contribution is 0.0779. The van der Waals surface area contributed by atoms with Gasteiger partial charge in [-0.25, -0.2) is 4.98 Å². The molecule has 26 heavy (non-hydrogen) atoms. The van der Waals surface area contributed by atoms with Crippen LogP contribution in [0.2, 0.25) is 0 Å². The van der Waals surface area contributed by atoms with Crippen LogP contribution in [0.4, 0.5) is 0 Å². The highest BCUT2D eigenvalue weighted by Gasteiger charge is 2.21. The van der Waals surface area contributed by atoms with Gasteiger partial charge in [0.05, 0.1) is 18.4 Å². The summed E-state index contributed by atoms with van der Waals surface area (Å²) < 4.78 is 1.81. The van der Waals surface area contributed by atoms with E-state index in [2.05, 4.69) is 15.6 Å². The molecule has 0 spiro atoms. The molecule has 0 radical (unpaired) electrons. The van der Waals surface area contributed by atoms with E-state index < -0.39 is 0 Å². The maximum atomic E-state index is 12.7. The van der Waals surface area contributed by atoms with Crippen molar-refractivity contribution in [2.75, 3.05) is 20.1 Å². The lowest BCUT2D eigenvalue weighted by Gasteiger charge is -2.22. The first-order valence-corrected chi connectivity index (χ1v) is 10.3. The van der Waals surface area contributed by atoms with Gasteiger partial charge in [-0.15, -0.1) is 16.4 Å². The summed E-state index contributed by atoms with van der Waals surface area (Å²) in [6.45, 7) is 3.46. The molecule has 2 aliphatic rings. The Bertz CT molecular complexity index is 740. The summed E-state index contributed by atoms with van der Waals surface area (Å²) in [6, 6.07) is 0. The van der Waals surface area contributed by atoms with Crippen LogP contribution in [-0.4, -0.2) is 50.9 Å². The number of amides is 1. The predicted molar refractivity (Wildman–Crippen MR) is 100 cm³/mol. The van der Waals surface area contributed by atoms with Crippen molar-refractivity contribution in [1.82, 2.24) is 30.2 Å². The van der Waals surface area contributed by atoms with Crippen molar-refractivity contribution in [3.05, 3.63) is 27.5 Å². The van der Waals surface area contributed by atoms with Gasteiger partial charge in [-0.05, 0) is 57.5 Å². The molecule has 4 rings (SSSR count). The zero-order valence-electron chi connectivity index (χ0n) is 15.3. The van der Waals surface area contributed by atoms with Crippen molar-refractivity contribution in [3.63, 3.8) is 0 Å². The molecule has 0 aromatic carbocycles. The molecule has 2 aromatic rings. The second-order valence-corrected chi connectivity index (χ2v) is 8.55. The van der Waals surface area contributed by atoms with Crippen molar-refractivity contribution in [3.8, 4) is 0 Å². The molecule has 7 nitrogen and oxygen atoms in total. The lowest BCUT2D eigenvalue weighted by atomic mass is 10.00. The number of rotatable bonds is 5. The van der Waals surface area contributed by atoms with E-state index in [1.54, 1.807) is 27.1 Å². The fourth-order valence-corrected chi connectivity index (χ4v) is 4.98. The van der Waals surface area contributed by atoms with E-state index in [1.165, 1.54) is 36.3 Å². The lowest BCUT2D eigenvalue weighted by Crippen LogP contribution is -2.32. The van der Waals surface area contributed by atoms with E-state index >= 15 is 0 Å². The highest BCUT2D eigenvalue weighted by atomic mass is 32.1. The van der Waals surface area contributed by atoms with Gasteiger partial charge in [0.1, 0.15) is 5.01 Å². The van der Waals surface area contributed by atoms with Gasteiger partial charge in [-0.3, -0.25) is 9.48 Å². The predicted octanol–water partition coefficient (Wildman–Crippen LogP) is 1.89. The van der Waals surface area contributed by atoms with E-state index in [0.717, 1.165) is 37.5 Å². The van der Waals surface area contributed by atoms with E-state index in [1.807, 2.05) is 7.05 Å². The van der Waals surface area contributed by atoms with Crippen molar-refractivity contribution in [2.24, 2.45) is 5.92 Å². The molecule has 1 fully saturated rings. The van der Waals surface area contributed by atoms with E-state index in [-0.39, 0.29) is 5.91 Å². The quantitative estimate of drug-likeness (QED) is 0.865. The third-order valence-corrected chi connectivity index (χ3v) is 6.35. The summed E-state index contributed by atoms with van der Waals surface area (Å²) in [5.41, 5.74) is 1.65. The van der Waals surface area contributed by atoms with Gasteiger partial charge in [0, 0.05) is 18.5 Å². The van der Waals surface area contributed by atoms with Crippen LogP contribution in [0.5, 0.6) is 0 Å². The second-order valence-electron chi connectivity index (χ2n) is 7.38. The monoisotopic (exact) mass is 374 g/mol. The molecule has 1 aliphatic heterocycles. The van der Waals surface area contributed by atoms with Gasteiger partial charge >= 0.3 is 0 Å². The first-order chi connectivity index (χ1) is 12.7. The van der Waals surface area contributed by atoms with Gasteiger partial charge in [-0.2, -0.15) is 0 Å². The fraction of sp³-hybridized carbons (Fsp3) is 0.667. The average Bonchev–Trinajstić information content (AvgIpc) is 3.28. The number of aryl methyl sites for hydroxylation is 2. The van der Waals surface area contributed by atoms with E-state index in [9.17, 15) is 4.79 Å². The van der Waals surface area contributed by atoms with Crippen LogP contribution in [0.1, 0.15) is 51.8 Å². The van der Waals surface area contributed by atoms with Crippen LogP contribution in [0.25, 0.3) is 0 Å². The molecule has 1 saturated heterocycles. The molecule has 3 heterocycles. The molecule has 1 unspecified atom stereocenters. The number of hydrogen-bond acceptors (Lipinski definition) is 6. The van der Waals surface area contributed by atoms with Crippen LogP contribution in [0, 0.1) is 5.92 Å². The SMILES string of the molecule is CN(Cc1nc2c(s1)CCCC2)C(=O)c1cn(CC2CCCNC2)nn1. The summed E-state index contributed by atoms with van der Waals surface area (Å²) >= 11 is 1.75. The summed E-state index contributed by atoms with van der Waals surface area (Å²) in [4.78, 5) is 20.5. The molecular formula is C18H26N6OS. The molecule has 1 atom stereocenters. The largest absolute Gasteiger partial charge is 0.333 e. The van der Waals surface area contributed by atoms with Crippen molar-refractivity contribution >= 4 is 17.2 Å². The molecule has 1 N–H and O–H groups in total. The van der Waals surface area contributed by atoms with E-state index in [0.29, 0.717) is 18.2 Å². The zero-order chi connectivity index (χ0) is 17.9. The first kappa shape index (κ1) is 17.6. The molecule has 140 valence electrons. The van der Waals surface area contributed by atoms with Gasteiger partial charge in [0.25, 0.3) is 5.91 Å². The Hall–Kier alpha value is -1.80. The first-order valence-electron chi connectivity index (χ1n) is 9.53.